The normalized spacial score (nSPS) is 17.6. The zero-order chi connectivity index (χ0) is 13.2. The number of fused-ring (bicyclic) bond motifs is 1. The molecule has 1 aliphatic rings. The van der Waals surface area contributed by atoms with Gasteiger partial charge in [-0.3, -0.25) is 0 Å². The average molecular weight is 253 g/mol. The third-order valence-electron chi connectivity index (χ3n) is 3.76. The molecule has 1 aliphatic heterocycles. The molecule has 3 nitrogen and oxygen atoms in total. The number of anilines is 2. The van der Waals surface area contributed by atoms with Crippen molar-refractivity contribution >= 4 is 11.5 Å². The summed E-state index contributed by atoms with van der Waals surface area (Å²) in [5, 5.41) is 0. The summed E-state index contributed by atoms with van der Waals surface area (Å²) in [6, 6.07) is 12.8. The molecule has 3 rings (SSSR count). The second kappa shape index (κ2) is 5.02. The SMILES string of the molecule is Cc1ccc(N2CC(CCN)c3ccccc32)nc1. The standard InChI is InChI=1S/C16H19N3/c1-12-6-7-16(18-10-12)19-11-13(8-9-17)14-4-2-3-5-15(14)19/h2-7,10,13H,8-9,11,17H2,1H3. The Morgan fingerprint density at radius 3 is 2.84 bits per heavy atom. The maximum Gasteiger partial charge on any atom is 0.132 e. The van der Waals surface area contributed by atoms with Gasteiger partial charge in [0, 0.05) is 24.3 Å². The highest BCUT2D eigenvalue weighted by Gasteiger charge is 2.28. The van der Waals surface area contributed by atoms with Crippen LogP contribution in [0.2, 0.25) is 0 Å². The number of pyridine rings is 1. The highest BCUT2D eigenvalue weighted by Crippen LogP contribution is 2.41. The van der Waals surface area contributed by atoms with Crippen molar-refractivity contribution in [3.8, 4) is 0 Å². The third kappa shape index (κ3) is 2.22. The van der Waals surface area contributed by atoms with Crippen molar-refractivity contribution in [2.24, 2.45) is 5.73 Å². The van der Waals surface area contributed by atoms with Gasteiger partial charge < -0.3 is 10.6 Å². The van der Waals surface area contributed by atoms with Crippen molar-refractivity contribution in [2.75, 3.05) is 18.0 Å². The van der Waals surface area contributed by atoms with Crippen LogP contribution in [-0.4, -0.2) is 18.1 Å². The molecule has 1 aromatic heterocycles. The second-order valence-electron chi connectivity index (χ2n) is 5.14. The van der Waals surface area contributed by atoms with E-state index in [9.17, 15) is 0 Å². The summed E-state index contributed by atoms with van der Waals surface area (Å²) in [4.78, 5) is 6.85. The van der Waals surface area contributed by atoms with Gasteiger partial charge in [-0.2, -0.15) is 0 Å². The maximum absolute atomic E-state index is 5.74. The molecular weight excluding hydrogens is 234 g/mol. The minimum Gasteiger partial charge on any atom is -0.330 e. The summed E-state index contributed by atoms with van der Waals surface area (Å²) >= 11 is 0. The van der Waals surface area contributed by atoms with Gasteiger partial charge in [0.25, 0.3) is 0 Å². The van der Waals surface area contributed by atoms with Gasteiger partial charge in [-0.05, 0) is 43.1 Å². The van der Waals surface area contributed by atoms with Gasteiger partial charge in [-0.25, -0.2) is 4.98 Å². The van der Waals surface area contributed by atoms with Gasteiger partial charge in [-0.1, -0.05) is 24.3 Å². The predicted octanol–water partition coefficient (Wildman–Crippen LogP) is 2.97. The number of nitrogens with zero attached hydrogens (tertiary/aromatic N) is 2. The molecule has 1 unspecified atom stereocenters. The van der Waals surface area contributed by atoms with Crippen molar-refractivity contribution in [1.82, 2.24) is 4.98 Å². The Hall–Kier alpha value is -1.87. The van der Waals surface area contributed by atoms with Crippen LogP contribution in [0.15, 0.2) is 42.6 Å². The Balaban J connectivity index is 1.98. The van der Waals surface area contributed by atoms with Crippen LogP contribution in [0.25, 0.3) is 0 Å². The van der Waals surface area contributed by atoms with Crippen LogP contribution in [0.1, 0.15) is 23.5 Å². The largest absolute Gasteiger partial charge is 0.330 e. The van der Waals surface area contributed by atoms with Crippen LogP contribution in [-0.2, 0) is 0 Å². The number of para-hydroxylation sites is 1. The fourth-order valence-electron chi connectivity index (χ4n) is 2.78. The first-order valence-corrected chi connectivity index (χ1v) is 6.79. The van der Waals surface area contributed by atoms with E-state index in [2.05, 4.69) is 53.2 Å². The fraction of sp³-hybridized carbons (Fsp3) is 0.312. The zero-order valence-electron chi connectivity index (χ0n) is 11.2. The van der Waals surface area contributed by atoms with E-state index in [4.69, 9.17) is 5.73 Å². The number of hydrogen-bond acceptors (Lipinski definition) is 3. The molecule has 1 atom stereocenters. The number of nitrogens with two attached hydrogens (primary N) is 1. The Bertz CT molecular complexity index is 562. The molecule has 2 heterocycles. The molecular formula is C16H19N3. The lowest BCUT2D eigenvalue weighted by molar-refractivity contribution is 0.667. The average Bonchev–Trinajstić information content (AvgIpc) is 2.80. The summed E-state index contributed by atoms with van der Waals surface area (Å²) in [5.74, 6) is 1.54. The zero-order valence-corrected chi connectivity index (χ0v) is 11.2. The highest BCUT2D eigenvalue weighted by molar-refractivity contribution is 5.69. The number of benzene rings is 1. The summed E-state index contributed by atoms with van der Waals surface area (Å²) in [7, 11) is 0. The van der Waals surface area contributed by atoms with Crippen LogP contribution in [0, 0.1) is 6.92 Å². The van der Waals surface area contributed by atoms with Gasteiger partial charge in [-0.15, -0.1) is 0 Å². The van der Waals surface area contributed by atoms with Gasteiger partial charge in [0.15, 0.2) is 0 Å². The molecule has 2 aromatic rings. The maximum atomic E-state index is 5.74. The van der Waals surface area contributed by atoms with Crippen molar-refractivity contribution in [3.63, 3.8) is 0 Å². The summed E-state index contributed by atoms with van der Waals surface area (Å²) in [5.41, 5.74) is 9.60. The molecule has 98 valence electrons. The number of aryl methyl sites for hydroxylation is 1. The molecule has 0 saturated heterocycles. The predicted molar refractivity (Wildman–Crippen MR) is 78.8 cm³/mol. The molecule has 0 amide bonds. The first-order chi connectivity index (χ1) is 9.29. The molecule has 2 N–H and O–H groups in total. The first-order valence-electron chi connectivity index (χ1n) is 6.79. The van der Waals surface area contributed by atoms with E-state index in [0.717, 1.165) is 25.3 Å². The molecule has 0 aliphatic carbocycles. The van der Waals surface area contributed by atoms with Crippen molar-refractivity contribution in [2.45, 2.75) is 19.3 Å². The lowest BCUT2D eigenvalue weighted by atomic mass is 9.98. The van der Waals surface area contributed by atoms with Crippen LogP contribution in [0.5, 0.6) is 0 Å². The lowest BCUT2D eigenvalue weighted by Gasteiger charge is -2.18. The minimum atomic E-state index is 0.518. The second-order valence-corrected chi connectivity index (χ2v) is 5.14. The Morgan fingerprint density at radius 2 is 2.11 bits per heavy atom. The summed E-state index contributed by atoms with van der Waals surface area (Å²) in [6.07, 6.45) is 2.95. The van der Waals surface area contributed by atoms with Crippen LogP contribution < -0.4 is 10.6 Å². The quantitative estimate of drug-likeness (QED) is 0.914. The van der Waals surface area contributed by atoms with Crippen LogP contribution in [0.4, 0.5) is 11.5 Å². The van der Waals surface area contributed by atoms with Gasteiger partial charge in [0.05, 0.1) is 0 Å². The Morgan fingerprint density at radius 1 is 1.26 bits per heavy atom. The first kappa shape index (κ1) is 12.2. The van der Waals surface area contributed by atoms with E-state index in [1.54, 1.807) is 0 Å². The summed E-state index contributed by atoms with van der Waals surface area (Å²) in [6.45, 7) is 3.77. The van der Waals surface area contributed by atoms with Crippen LogP contribution in [0.3, 0.4) is 0 Å². The van der Waals surface area contributed by atoms with Crippen molar-refractivity contribution in [3.05, 3.63) is 53.7 Å². The lowest BCUT2D eigenvalue weighted by Crippen LogP contribution is -2.18. The van der Waals surface area contributed by atoms with E-state index in [1.807, 2.05) is 6.20 Å². The monoisotopic (exact) mass is 253 g/mol. The molecule has 0 spiro atoms. The Kier molecular flexibility index (Phi) is 3.22. The van der Waals surface area contributed by atoms with E-state index < -0.39 is 0 Å². The van der Waals surface area contributed by atoms with E-state index in [1.165, 1.54) is 16.8 Å². The fourth-order valence-corrected chi connectivity index (χ4v) is 2.78. The van der Waals surface area contributed by atoms with E-state index in [-0.39, 0.29) is 0 Å². The number of aromatic nitrogens is 1. The summed E-state index contributed by atoms with van der Waals surface area (Å²) < 4.78 is 0. The molecule has 0 fully saturated rings. The molecule has 0 radical (unpaired) electrons. The van der Waals surface area contributed by atoms with E-state index in [0.29, 0.717) is 5.92 Å². The molecule has 3 heteroatoms. The highest BCUT2D eigenvalue weighted by atomic mass is 15.2. The van der Waals surface area contributed by atoms with E-state index >= 15 is 0 Å². The van der Waals surface area contributed by atoms with Crippen molar-refractivity contribution < 1.29 is 0 Å². The Labute approximate surface area is 114 Å². The van der Waals surface area contributed by atoms with Gasteiger partial charge >= 0.3 is 0 Å². The van der Waals surface area contributed by atoms with Crippen molar-refractivity contribution in [1.29, 1.82) is 0 Å². The molecule has 19 heavy (non-hydrogen) atoms. The molecule has 0 saturated carbocycles. The number of hydrogen-bond donors (Lipinski definition) is 1. The molecule has 0 bridgehead atoms. The van der Waals surface area contributed by atoms with Gasteiger partial charge in [0.2, 0.25) is 0 Å². The smallest absolute Gasteiger partial charge is 0.132 e. The molecule has 1 aromatic carbocycles. The van der Waals surface area contributed by atoms with Gasteiger partial charge in [0.1, 0.15) is 5.82 Å². The minimum absolute atomic E-state index is 0.518. The number of rotatable bonds is 3. The third-order valence-corrected chi connectivity index (χ3v) is 3.76. The topological polar surface area (TPSA) is 42.1 Å². The van der Waals surface area contributed by atoms with Crippen LogP contribution >= 0.6 is 0 Å².